The van der Waals surface area contributed by atoms with Gasteiger partial charge in [0.05, 0.1) is 10.6 Å². The molecule has 1 aromatic carbocycles. The van der Waals surface area contributed by atoms with Gasteiger partial charge in [-0.15, -0.1) is 0 Å². The molecule has 1 aromatic rings. The first-order chi connectivity index (χ1) is 8.99. The Bertz CT molecular complexity index is 517. The molecular weight excluding hydrogens is 284 g/mol. The van der Waals surface area contributed by atoms with E-state index in [0.29, 0.717) is 22.4 Å². The van der Waals surface area contributed by atoms with Crippen LogP contribution in [0.25, 0.3) is 0 Å². The molecule has 1 amide bonds. The lowest BCUT2D eigenvalue weighted by Crippen LogP contribution is -2.37. The molecule has 0 aliphatic heterocycles. The van der Waals surface area contributed by atoms with E-state index in [0.717, 1.165) is 12.8 Å². The molecule has 0 spiro atoms. The quantitative estimate of drug-likeness (QED) is 0.816. The highest BCUT2D eigenvalue weighted by molar-refractivity contribution is 7.80. The standard InChI is InChI=1S/C13H15ClN2O2S/c1-7(13(17)16-8-5-6-8)18-10-4-2-3-9(14)11(10)12(15)19/h2-4,7-8H,5-6H2,1H3,(H2,15,19)(H,16,17). The number of rotatable bonds is 5. The molecule has 1 unspecified atom stereocenters. The SMILES string of the molecule is CC(Oc1cccc(Cl)c1C(N)=S)C(=O)NC1CC1. The van der Waals surface area contributed by atoms with Gasteiger partial charge in [-0.2, -0.15) is 0 Å². The zero-order valence-electron chi connectivity index (χ0n) is 10.5. The summed E-state index contributed by atoms with van der Waals surface area (Å²) < 4.78 is 5.61. The third-order valence-corrected chi connectivity index (χ3v) is 3.34. The van der Waals surface area contributed by atoms with Crippen molar-refractivity contribution in [2.24, 2.45) is 5.73 Å². The lowest BCUT2D eigenvalue weighted by molar-refractivity contribution is -0.127. The molecule has 1 atom stereocenters. The summed E-state index contributed by atoms with van der Waals surface area (Å²) >= 11 is 11.0. The predicted molar refractivity (Wildman–Crippen MR) is 78.6 cm³/mol. The molecule has 0 bridgehead atoms. The van der Waals surface area contributed by atoms with Crippen LogP contribution in [0.2, 0.25) is 5.02 Å². The molecule has 1 aliphatic carbocycles. The maximum absolute atomic E-state index is 11.8. The number of hydrogen-bond donors (Lipinski definition) is 2. The number of nitrogens with two attached hydrogens (primary N) is 1. The van der Waals surface area contributed by atoms with Gasteiger partial charge >= 0.3 is 0 Å². The Morgan fingerprint density at radius 2 is 2.26 bits per heavy atom. The van der Waals surface area contributed by atoms with Crippen molar-refractivity contribution in [3.8, 4) is 5.75 Å². The van der Waals surface area contributed by atoms with E-state index in [9.17, 15) is 4.79 Å². The van der Waals surface area contributed by atoms with Crippen molar-refractivity contribution >= 4 is 34.7 Å². The molecule has 3 N–H and O–H groups in total. The third kappa shape index (κ3) is 3.58. The molecule has 6 heteroatoms. The van der Waals surface area contributed by atoms with E-state index in [-0.39, 0.29) is 10.9 Å². The second-order valence-electron chi connectivity index (χ2n) is 4.52. The van der Waals surface area contributed by atoms with Crippen molar-refractivity contribution < 1.29 is 9.53 Å². The van der Waals surface area contributed by atoms with E-state index in [1.54, 1.807) is 25.1 Å². The van der Waals surface area contributed by atoms with Crippen molar-refractivity contribution in [1.82, 2.24) is 5.32 Å². The number of benzene rings is 1. The largest absolute Gasteiger partial charge is 0.480 e. The third-order valence-electron chi connectivity index (χ3n) is 2.82. The Morgan fingerprint density at radius 1 is 1.58 bits per heavy atom. The molecular formula is C13H15ClN2O2S. The first kappa shape index (κ1) is 14.1. The zero-order valence-corrected chi connectivity index (χ0v) is 12.1. The van der Waals surface area contributed by atoms with Crippen molar-refractivity contribution in [1.29, 1.82) is 0 Å². The van der Waals surface area contributed by atoms with Gasteiger partial charge in [0.1, 0.15) is 10.7 Å². The lowest BCUT2D eigenvalue weighted by Gasteiger charge is -2.17. The summed E-state index contributed by atoms with van der Waals surface area (Å²) in [7, 11) is 0. The number of carbonyl (C=O) groups excluding carboxylic acids is 1. The smallest absolute Gasteiger partial charge is 0.260 e. The summed E-state index contributed by atoms with van der Waals surface area (Å²) in [5.74, 6) is 0.287. The van der Waals surface area contributed by atoms with E-state index >= 15 is 0 Å². The van der Waals surface area contributed by atoms with Crippen LogP contribution in [-0.4, -0.2) is 23.0 Å². The minimum Gasteiger partial charge on any atom is -0.480 e. The van der Waals surface area contributed by atoms with Crippen LogP contribution in [0.5, 0.6) is 5.75 Å². The summed E-state index contributed by atoms with van der Waals surface area (Å²) in [5.41, 5.74) is 6.09. The number of ether oxygens (including phenoxy) is 1. The van der Waals surface area contributed by atoms with Gasteiger partial charge in [0.25, 0.3) is 5.91 Å². The molecule has 1 fully saturated rings. The van der Waals surface area contributed by atoms with Gasteiger partial charge in [-0.25, -0.2) is 0 Å². The highest BCUT2D eigenvalue weighted by Crippen LogP contribution is 2.27. The van der Waals surface area contributed by atoms with E-state index in [1.165, 1.54) is 0 Å². The highest BCUT2D eigenvalue weighted by Gasteiger charge is 2.27. The van der Waals surface area contributed by atoms with Gasteiger partial charge in [-0.1, -0.05) is 29.9 Å². The monoisotopic (exact) mass is 298 g/mol. The van der Waals surface area contributed by atoms with Crippen LogP contribution in [0.1, 0.15) is 25.3 Å². The minimum absolute atomic E-state index is 0.142. The van der Waals surface area contributed by atoms with Gasteiger partial charge in [-0.3, -0.25) is 4.79 Å². The van der Waals surface area contributed by atoms with Crippen LogP contribution in [0.15, 0.2) is 18.2 Å². The van der Waals surface area contributed by atoms with Crippen LogP contribution in [0.3, 0.4) is 0 Å². The maximum atomic E-state index is 11.8. The minimum atomic E-state index is -0.618. The highest BCUT2D eigenvalue weighted by atomic mass is 35.5. The normalized spacial score (nSPS) is 15.7. The number of halogens is 1. The fraction of sp³-hybridized carbons (Fsp3) is 0.385. The average molecular weight is 299 g/mol. The molecule has 19 heavy (non-hydrogen) atoms. The van der Waals surface area contributed by atoms with Crippen LogP contribution < -0.4 is 15.8 Å². The number of thiocarbonyl (C=S) groups is 1. The summed E-state index contributed by atoms with van der Waals surface area (Å²) in [6.07, 6.45) is 1.45. The number of amides is 1. The molecule has 1 saturated carbocycles. The van der Waals surface area contributed by atoms with Crippen LogP contribution in [0.4, 0.5) is 0 Å². The van der Waals surface area contributed by atoms with Gasteiger partial charge in [0.15, 0.2) is 6.10 Å². The van der Waals surface area contributed by atoms with Crippen LogP contribution in [-0.2, 0) is 4.79 Å². The Labute approximate surface area is 122 Å². The maximum Gasteiger partial charge on any atom is 0.260 e. The summed E-state index contributed by atoms with van der Waals surface area (Å²) in [4.78, 5) is 12.0. The van der Waals surface area contributed by atoms with Crippen LogP contribution >= 0.6 is 23.8 Å². The Balaban J connectivity index is 2.11. The Hall–Kier alpha value is -1.33. The van der Waals surface area contributed by atoms with Gasteiger partial charge in [0, 0.05) is 6.04 Å². The Morgan fingerprint density at radius 3 is 2.84 bits per heavy atom. The van der Waals surface area contributed by atoms with Crippen molar-refractivity contribution in [3.63, 3.8) is 0 Å². The fourth-order valence-corrected chi connectivity index (χ4v) is 2.17. The van der Waals surface area contributed by atoms with E-state index in [4.69, 9.17) is 34.3 Å². The van der Waals surface area contributed by atoms with Gasteiger partial charge < -0.3 is 15.8 Å². The molecule has 2 rings (SSSR count). The summed E-state index contributed by atoms with van der Waals surface area (Å²) in [5, 5.41) is 3.29. The molecule has 0 aromatic heterocycles. The summed E-state index contributed by atoms with van der Waals surface area (Å²) in [6, 6.07) is 5.40. The molecule has 102 valence electrons. The van der Waals surface area contributed by atoms with Crippen molar-refractivity contribution in [2.75, 3.05) is 0 Å². The first-order valence-corrected chi connectivity index (χ1v) is 6.83. The Kier molecular flexibility index (Phi) is 4.27. The van der Waals surface area contributed by atoms with Gasteiger partial charge in [0.2, 0.25) is 0 Å². The number of carbonyl (C=O) groups is 1. The average Bonchev–Trinajstić information content (AvgIpc) is 3.12. The zero-order chi connectivity index (χ0) is 14.0. The van der Waals surface area contributed by atoms with Gasteiger partial charge in [-0.05, 0) is 31.9 Å². The molecule has 4 nitrogen and oxygen atoms in total. The number of nitrogens with one attached hydrogen (secondary N) is 1. The fourth-order valence-electron chi connectivity index (χ4n) is 1.63. The van der Waals surface area contributed by atoms with Crippen LogP contribution in [0, 0.1) is 0 Å². The van der Waals surface area contributed by atoms with E-state index < -0.39 is 6.10 Å². The predicted octanol–water partition coefficient (Wildman–Crippen LogP) is 2.02. The lowest BCUT2D eigenvalue weighted by atomic mass is 10.2. The molecule has 0 heterocycles. The molecule has 0 radical (unpaired) electrons. The summed E-state index contributed by atoms with van der Waals surface area (Å²) in [6.45, 7) is 1.68. The second-order valence-corrected chi connectivity index (χ2v) is 5.37. The number of hydrogen-bond acceptors (Lipinski definition) is 3. The van der Waals surface area contributed by atoms with Crippen molar-refractivity contribution in [3.05, 3.63) is 28.8 Å². The first-order valence-electron chi connectivity index (χ1n) is 6.04. The van der Waals surface area contributed by atoms with Crippen molar-refractivity contribution in [2.45, 2.75) is 31.9 Å². The van der Waals surface area contributed by atoms with E-state index in [1.807, 2.05) is 0 Å². The second kappa shape index (κ2) is 5.75. The topological polar surface area (TPSA) is 64.3 Å². The van der Waals surface area contributed by atoms with E-state index in [2.05, 4.69) is 5.32 Å². The molecule has 0 saturated heterocycles. The molecule has 1 aliphatic rings.